The average molecular weight is 282 g/mol. The van der Waals surface area contributed by atoms with Gasteiger partial charge in [-0.15, -0.1) is 0 Å². The summed E-state index contributed by atoms with van der Waals surface area (Å²) >= 11 is 0. The molecule has 0 amide bonds. The number of likely N-dealkylation sites (tertiary alicyclic amines) is 1. The number of hydrogen-bond donors (Lipinski definition) is 0. The van der Waals surface area contributed by atoms with Gasteiger partial charge in [0.15, 0.2) is 0 Å². The lowest BCUT2D eigenvalue weighted by Gasteiger charge is -2.34. The van der Waals surface area contributed by atoms with Crippen LogP contribution in [0, 0.1) is 0 Å². The Balaban J connectivity index is 2.53. The molecule has 19 heavy (non-hydrogen) atoms. The molecule has 0 atom stereocenters. The van der Waals surface area contributed by atoms with Crippen LogP contribution in [0.5, 0.6) is 0 Å². The second-order valence-electron chi connectivity index (χ2n) is 6.43. The lowest BCUT2D eigenvalue weighted by Crippen LogP contribution is -2.39. The van der Waals surface area contributed by atoms with Crippen molar-refractivity contribution in [3.63, 3.8) is 0 Å². The van der Waals surface area contributed by atoms with Crippen molar-refractivity contribution in [2.45, 2.75) is 77.1 Å². The summed E-state index contributed by atoms with van der Waals surface area (Å²) in [4.78, 5) is 2.74. The lowest BCUT2D eigenvalue weighted by molar-refractivity contribution is 0.239. The van der Waals surface area contributed by atoms with Gasteiger partial charge in [0.1, 0.15) is 0 Å². The van der Waals surface area contributed by atoms with Gasteiger partial charge in [0.05, 0.1) is 8.07 Å². The van der Waals surface area contributed by atoms with E-state index in [4.69, 9.17) is 0 Å². The van der Waals surface area contributed by atoms with Gasteiger partial charge in [-0.05, 0) is 51.5 Å². The molecule has 1 nitrogen and oxygen atoms in total. The predicted molar refractivity (Wildman–Crippen MR) is 90.7 cm³/mol. The number of nitrogens with zero attached hydrogens (tertiary/aromatic N) is 1. The molecular weight excluding hydrogens is 246 g/mol. The van der Waals surface area contributed by atoms with Crippen molar-refractivity contribution in [3.05, 3.63) is 12.2 Å². The van der Waals surface area contributed by atoms with Crippen LogP contribution >= 0.6 is 0 Å². The molecule has 0 aromatic heterocycles. The Kier molecular flexibility index (Phi) is 8.72. The normalized spacial score (nSPS) is 18.3. The Morgan fingerprint density at radius 2 is 1.58 bits per heavy atom. The fraction of sp³-hybridized carbons (Fsp3) is 0.882. The van der Waals surface area contributed by atoms with Crippen LogP contribution in [0.3, 0.4) is 0 Å². The molecule has 0 aromatic carbocycles. The van der Waals surface area contributed by atoms with Crippen LogP contribution in [0.1, 0.15) is 52.9 Å². The van der Waals surface area contributed by atoms with E-state index in [1.54, 1.807) is 18.1 Å². The van der Waals surface area contributed by atoms with Gasteiger partial charge in [-0.2, -0.15) is 0 Å². The van der Waals surface area contributed by atoms with Crippen LogP contribution in [0.4, 0.5) is 0 Å². The number of piperidine rings is 1. The fourth-order valence-electron chi connectivity index (χ4n) is 3.69. The van der Waals surface area contributed by atoms with E-state index in [9.17, 15) is 0 Å². The number of rotatable bonds is 9. The second kappa shape index (κ2) is 9.76. The molecule has 1 aliphatic heterocycles. The molecule has 0 saturated carbocycles. The van der Waals surface area contributed by atoms with E-state index in [1.165, 1.54) is 57.8 Å². The Morgan fingerprint density at radius 1 is 0.947 bits per heavy atom. The summed E-state index contributed by atoms with van der Waals surface area (Å²) in [5.41, 5.74) is 0. The monoisotopic (exact) mass is 281 g/mol. The smallest absolute Gasteiger partial charge is 0.0585 e. The maximum atomic E-state index is 2.74. The van der Waals surface area contributed by atoms with Gasteiger partial charge in [0, 0.05) is 0 Å². The molecule has 1 rings (SSSR count). The van der Waals surface area contributed by atoms with Gasteiger partial charge < -0.3 is 4.90 Å². The Hall–Kier alpha value is -0.0831. The minimum Gasteiger partial charge on any atom is -0.304 e. The molecule has 1 heterocycles. The molecule has 0 aromatic rings. The first-order valence-electron chi connectivity index (χ1n) is 8.60. The molecule has 112 valence electrons. The van der Waals surface area contributed by atoms with E-state index in [1.807, 2.05) is 0 Å². The van der Waals surface area contributed by atoms with Gasteiger partial charge in [0.25, 0.3) is 0 Å². The van der Waals surface area contributed by atoms with E-state index >= 15 is 0 Å². The Morgan fingerprint density at radius 3 is 2.11 bits per heavy atom. The van der Waals surface area contributed by atoms with E-state index in [0.717, 1.165) is 0 Å². The summed E-state index contributed by atoms with van der Waals surface area (Å²) in [6, 6.07) is 6.05. The molecule has 0 aliphatic carbocycles. The first kappa shape index (κ1) is 17.0. The Labute approximate surface area is 122 Å². The molecule has 2 heteroatoms. The topological polar surface area (TPSA) is 3.24 Å². The molecule has 0 bridgehead atoms. The summed E-state index contributed by atoms with van der Waals surface area (Å²) in [5.74, 6) is 0. The number of allylic oxidation sites excluding steroid dienone is 2. The zero-order valence-electron chi connectivity index (χ0n) is 13.6. The minimum atomic E-state index is -1.03. The quantitative estimate of drug-likeness (QED) is 0.408. The largest absolute Gasteiger partial charge is 0.304 e. The van der Waals surface area contributed by atoms with E-state index in [-0.39, 0.29) is 0 Å². The third kappa shape index (κ3) is 6.27. The van der Waals surface area contributed by atoms with E-state index in [0.29, 0.717) is 0 Å². The van der Waals surface area contributed by atoms with Crippen molar-refractivity contribution >= 4 is 8.07 Å². The van der Waals surface area contributed by atoms with Crippen LogP contribution in [-0.2, 0) is 0 Å². The minimum absolute atomic E-state index is 1.03. The maximum Gasteiger partial charge on any atom is 0.0585 e. The van der Waals surface area contributed by atoms with Crippen molar-refractivity contribution in [3.8, 4) is 0 Å². The summed E-state index contributed by atoms with van der Waals surface area (Å²) < 4.78 is 0. The van der Waals surface area contributed by atoms with E-state index in [2.05, 4.69) is 37.8 Å². The van der Waals surface area contributed by atoms with Crippen LogP contribution in [0.15, 0.2) is 12.2 Å². The predicted octanol–water partition coefficient (Wildman–Crippen LogP) is 5.32. The lowest BCUT2D eigenvalue weighted by atomic mass is 10.1. The highest BCUT2D eigenvalue weighted by atomic mass is 28.3. The van der Waals surface area contributed by atoms with Crippen molar-refractivity contribution < 1.29 is 0 Å². The molecule has 1 fully saturated rings. The van der Waals surface area contributed by atoms with Crippen molar-refractivity contribution in [2.24, 2.45) is 0 Å². The summed E-state index contributed by atoms with van der Waals surface area (Å²) in [6.07, 6.45) is 11.9. The van der Waals surface area contributed by atoms with Crippen LogP contribution < -0.4 is 0 Å². The highest BCUT2D eigenvalue weighted by molar-refractivity contribution is 6.80. The molecule has 1 saturated heterocycles. The highest BCUT2D eigenvalue weighted by Crippen LogP contribution is 2.30. The highest BCUT2D eigenvalue weighted by Gasteiger charge is 2.30. The van der Waals surface area contributed by atoms with E-state index < -0.39 is 8.07 Å². The number of hydrogen-bond acceptors (Lipinski definition) is 1. The molecule has 0 unspecified atom stereocenters. The first-order valence-corrected chi connectivity index (χ1v) is 11.4. The third-order valence-electron chi connectivity index (χ3n) is 4.75. The van der Waals surface area contributed by atoms with Crippen molar-refractivity contribution in [1.29, 1.82) is 0 Å². The molecular formula is C17H35NSi. The summed E-state index contributed by atoms with van der Waals surface area (Å²) in [6.45, 7) is 11.1. The molecule has 0 spiro atoms. The van der Waals surface area contributed by atoms with Gasteiger partial charge in [-0.25, -0.2) is 0 Å². The maximum absolute atomic E-state index is 2.74. The van der Waals surface area contributed by atoms with Crippen molar-refractivity contribution in [2.75, 3.05) is 19.6 Å². The Bertz CT molecular complexity index is 238. The second-order valence-corrected chi connectivity index (χ2v) is 11.3. The van der Waals surface area contributed by atoms with Crippen molar-refractivity contribution in [1.82, 2.24) is 4.90 Å². The molecule has 0 N–H and O–H groups in total. The van der Waals surface area contributed by atoms with Gasteiger partial charge >= 0.3 is 0 Å². The fourth-order valence-corrected chi connectivity index (χ4v) is 8.70. The summed E-state index contributed by atoms with van der Waals surface area (Å²) in [5, 5.41) is 0. The average Bonchev–Trinajstić information content (AvgIpc) is 2.45. The molecule has 1 aliphatic rings. The first-order chi connectivity index (χ1) is 9.26. The van der Waals surface area contributed by atoms with Gasteiger partial charge in [0.2, 0.25) is 0 Å². The zero-order chi connectivity index (χ0) is 14.0. The zero-order valence-corrected chi connectivity index (χ0v) is 14.6. The van der Waals surface area contributed by atoms with Gasteiger partial charge in [-0.3, -0.25) is 0 Å². The SMILES string of the molecule is CC=CC[Si](CCC)(CCC)CCN1CCCCC1. The van der Waals surface area contributed by atoms with Crippen LogP contribution in [0.25, 0.3) is 0 Å². The van der Waals surface area contributed by atoms with Crippen LogP contribution in [0.2, 0.25) is 24.2 Å². The van der Waals surface area contributed by atoms with Gasteiger partial charge in [-0.1, -0.05) is 57.4 Å². The molecule has 0 radical (unpaired) electrons. The summed E-state index contributed by atoms with van der Waals surface area (Å²) in [7, 11) is -1.03. The van der Waals surface area contributed by atoms with Crippen LogP contribution in [-0.4, -0.2) is 32.6 Å². The standard InChI is InChI=1S/C17H35NSi/c1-4-7-16-19(14-5-2,15-6-3)17-13-18-11-9-8-10-12-18/h4,7H,5-6,8-17H2,1-3H3. The third-order valence-corrected chi connectivity index (χ3v) is 10.3.